The van der Waals surface area contributed by atoms with Crippen LogP contribution in [-0.2, 0) is 11.2 Å². The Kier molecular flexibility index (Phi) is 4.15. The molecule has 0 aliphatic heterocycles. The first-order chi connectivity index (χ1) is 11.3. The van der Waals surface area contributed by atoms with Crippen LogP contribution < -0.4 is 5.56 Å². The molecule has 4 nitrogen and oxygen atoms in total. The maximum Gasteiger partial charge on any atom is 0.266 e. The molecule has 0 N–H and O–H groups in total. The zero-order valence-corrected chi connectivity index (χ0v) is 12.8. The number of rotatable bonds is 4. The summed E-state index contributed by atoms with van der Waals surface area (Å²) in [7, 11) is 0. The lowest BCUT2D eigenvalue weighted by Crippen LogP contribution is -2.24. The summed E-state index contributed by atoms with van der Waals surface area (Å²) >= 11 is 0. The molecule has 23 heavy (non-hydrogen) atoms. The molecule has 0 saturated heterocycles. The van der Waals surface area contributed by atoms with Crippen LogP contribution in [0.2, 0.25) is 0 Å². The first-order valence-corrected chi connectivity index (χ1v) is 7.48. The third-order valence-electron chi connectivity index (χ3n) is 3.68. The quantitative estimate of drug-likeness (QED) is 0.549. The molecule has 0 bridgehead atoms. The molecule has 3 aromatic rings. The smallest absolute Gasteiger partial charge is 0.266 e. The Morgan fingerprint density at radius 2 is 1.87 bits per heavy atom. The first-order valence-electron chi connectivity index (χ1n) is 7.48. The fourth-order valence-electron chi connectivity index (χ4n) is 2.66. The Morgan fingerprint density at radius 1 is 1.09 bits per heavy atom. The van der Waals surface area contributed by atoms with Gasteiger partial charge >= 0.3 is 0 Å². The Labute approximate surface area is 133 Å². The number of aldehydes is 1. The zero-order chi connectivity index (χ0) is 16.2. The van der Waals surface area contributed by atoms with E-state index in [1.54, 1.807) is 10.6 Å². The average molecular weight is 304 g/mol. The van der Waals surface area contributed by atoms with Crippen LogP contribution in [-0.4, -0.2) is 15.8 Å². The van der Waals surface area contributed by atoms with Gasteiger partial charge in [-0.15, -0.1) is 0 Å². The predicted molar refractivity (Wildman–Crippen MR) is 91.8 cm³/mol. The van der Waals surface area contributed by atoms with Crippen LogP contribution in [0.25, 0.3) is 22.7 Å². The van der Waals surface area contributed by atoms with E-state index in [9.17, 15) is 9.59 Å². The Bertz CT molecular complexity index is 941. The summed E-state index contributed by atoms with van der Waals surface area (Å²) in [6, 6.07) is 14.9. The molecule has 0 fully saturated rings. The molecular weight excluding hydrogens is 288 g/mol. The van der Waals surface area contributed by atoms with Crippen molar-refractivity contribution < 1.29 is 4.79 Å². The number of para-hydroxylation sites is 1. The topological polar surface area (TPSA) is 52.0 Å². The monoisotopic (exact) mass is 304 g/mol. The van der Waals surface area contributed by atoms with Crippen molar-refractivity contribution >= 4 is 23.3 Å². The van der Waals surface area contributed by atoms with Crippen molar-refractivity contribution in [3.63, 3.8) is 0 Å². The van der Waals surface area contributed by atoms with Crippen LogP contribution in [0.3, 0.4) is 0 Å². The largest absolute Gasteiger partial charge is 0.299 e. The van der Waals surface area contributed by atoms with E-state index in [2.05, 4.69) is 4.98 Å². The van der Waals surface area contributed by atoms with Crippen molar-refractivity contribution in [3.05, 3.63) is 76.3 Å². The van der Waals surface area contributed by atoms with Crippen LogP contribution in [0.5, 0.6) is 0 Å². The normalized spacial score (nSPS) is 11.2. The van der Waals surface area contributed by atoms with Gasteiger partial charge < -0.3 is 0 Å². The van der Waals surface area contributed by atoms with Gasteiger partial charge in [-0.25, -0.2) is 4.98 Å². The van der Waals surface area contributed by atoms with Gasteiger partial charge in [-0.2, -0.15) is 0 Å². The molecule has 3 rings (SSSR count). The Hall–Kier alpha value is -3.01. The number of aromatic nitrogens is 2. The van der Waals surface area contributed by atoms with Gasteiger partial charge in [-0.3, -0.25) is 14.2 Å². The van der Waals surface area contributed by atoms with Crippen molar-refractivity contribution in [2.45, 2.75) is 13.3 Å². The number of benzene rings is 2. The molecule has 1 heterocycles. The maximum absolute atomic E-state index is 13.1. The number of allylic oxidation sites excluding steroid dienone is 1. The second-order valence-electron chi connectivity index (χ2n) is 5.09. The Morgan fingerprint density at radius 3 is 2.57 bits per heavy atom. The van der Waals surface area contributed by atoms with Crippen LogP contribution in [0, 0.1) is 0 Å². The number of aryl methyl sites for hydroxylation is 1. The second-order valence-corrected chi connectivity index (χ2v) is 5.09. The van der Waals surface area contributed by atoms with Crippen molar-refractivity contribution in [2.75, 3.05) is 0 Å². The van der Waals surface area contributed by atoms with Gasteiger partial charge in [-0.1, -0.05) is 43.3 Å². The summed E-state index contributed by atoms with van der Waals surface area (Å²) in [5.74, 6) is 0.713. The standard InChI is InChI=1S/C19H16N2O2/c1-2-17-20-16-12-6-8-14(9-7-13-22)18(16)19(23)21(17)15-10-4-3-5-11-15/h3-13H,2H2,1H3/b9-7+. The summed E-state index contributed by atoms with van der Waals surface area (Å²) in [6.45, 7) is 1.98. The SMILES string of the molecule is CCc1nc2cccc(/C=C/C=O)c2c(=O)n1-c1ccccc1. The van der Waals surface area contributed by atoms with E-state index in [0.29, 0.717) is 35.0 Å². The van der Waals surface area contributed by atoms with Gasteiger partial charge in [0.05, 0.1) is 16.6 Å². The molecule has 1 aromatic heterocycles. The highest BCUT2D eigenvalue weighted by molar-refractivity contribution is 5.89. The fourth-order valence-corrected chi connectivity index (χ4v) is 2.66. The van der Waals surface area contributed by atoms with Crippen molar-refractivity contribution in [3.8, 4) is 5.69 Å². The molecule has 2 aromatic carbocycles. The number of carbonyl (C=O) groups excluding carboxylic acids is 1. The number of nitrogens with zero attached hydrogens (tertiary/aromatic N) is 2. The lowest BCUT2D eigenvalue weighted by atomic mass is 10.1. The van der Waals surface area contributed by atoms with Gasteiger partial charge in [0, 0.05) is 6.42 Å². The summed E-state index contributed by atoms with van der Waals surface area (Å²) in [5, 5.41) is 0.520. The molecule has 4 heteroatoms. The molecule has 0 aliphatic rings. The van der Waals surface area contributed by atoms with E-state index >= 15 is 0 Å². The van der Waals surface area contributed by atoms with Gasteiger partial charge in [0.15, 0.2) is 0 Å². The van der Waals surface area contributed by atoms with Crippen LogP contribution in [0.15, 0.2) is 59.4 Å². The van der Waals surface area contributed by atoms with Crippen molar-refractivity contribution in [2.24, 2.45) is 0 Å². The van der Waals surface area contributed by atoms with Crippen LogP contribution >= 0.6 is 0 Å². The number of hydrogen-bond acceptors (Lipinski definition) is 3. The Balaban J connectivity index is 2.40. The van der Waals surface area contributed by atoms with Crippen molar-refractivity contribution in [1.82, 2.24) is 9.55 Å². The lowest BCUT2D eigenvalue weighted by molar-refractivity contribution is -0.104. The lowest BCUT2D eigenvalue weighted by Gasteiger charge is -2.13. The average Bonchev–Trinajstić information content (AvgIpc) is 2.60. The minimum Gasteiger partial charge on any atom is -0.299 e. The third-order valence-corrected chi connectivity index (χ3v) is 3.68. The number of hydrogen-bond donors (Lipinski definition) is 0. The van der Waals surface area contributed by atoms with E-state index in [1.165, 1.54) is 6.08 Å². The van der Waals surface area contributed by atoms with E-state index in [0.717, 1.165) is 5.69 Å². The van der Waals surface area contributed by atoms with Crippen LogP contribution in [0.1, 0.15) is 18.3 Å². The molecule has 0 amide bonds. The number of carbonyl (C=O) groups is 1. The highest BCUT2D eigenvalue weighted by Gasteiger charge is 2.13. The maximum atomic E-state index is 13.1. The van der Waals surface area contributed by atoms with E-state index in [1.807, 2.05) is 55.5 Å². The highest BCUT2D eigenvalue weighted by Crippen LogP contribution is 2.18. The van der Waals surface area contributed by atoms with E-state index in [4.69, 9.17) is 0 Å². The summed E-state index contributed by atoms with van der Waals surface area (Å²) in [6.07, 6.45) is 4.37. The molecule has 0 radical (unpaired) electrons. The van der Waals surface area contributed by atoms with Crippen LogP contribution in [0.4, 0.5) is 0 Å². The van der Waals surface area contributed by atoms with E-state index in [-0.39, 0.29) is 5.56 Å². The fraction of sp³-hybridized carbons (Fsp3) is 0.105. The van der Waals surface area contributed by atoms with Gasteiger partial charge in [-0.05, 0) is 29.8 Å². The summed E-state index contributed by atoms with van der Waals surface area (Å²) in [5.41, 5.74) is 2.01. The minimum absolute atomic E-state index is 0.121. The van der Waals surface area contributed by atoms with Gasteiger partial charge in [0.25, 0.3) is 5.56 Å². The number of fused-ring (bicyclic) bond motifs is 1. The molecule has 0 atom stereocenters. The van der Waals surface area contributed by atoms with Crippen molar-refractivity contribution in [1.29, 1.82) is 0 Å². The van der Waals surface area contributed by atoms with E-state index < -0.39 is 0 Å². The molecule has 0 spiro atoms. The summed E-state index contributed by atoms with van der Waals surface area (Å²) in [4.78, 5) is 28.3. The summed E-state index contributed by atoms with van der Waals surface area (Å²) < 4.78 is 1.64. The zero-order valence-electron chi connectivity index (χ0n) is 12.8. The first kappa shape index (κ1) is 14.9. The van der Waals surface area contributed by atoms with Gasteiger partial charge in [0.1, 0.15) is 12.1 Å². The molecule has 0 aliphatic carbocycles. The third kappa shape index (κ3) is 2.71. The molecule has 0 saturated carbocycles. The molecule has 114 valence electrons. The van der Waals surface area contributed by atoms with Gasteiger partial charge in [0.2, 0.25) is 0 Å². The predicted octanol–water partition coefficient (Wildman–Crippen LogP) is 3.16. The highest BCUT2D eigenvalue weighted by atomic mass is 16.1. The minimum atomic E-state index is -0.121. The molecule has 0 unspecified atom stereocenters. The second kappa shape index (κ2) is 6.40. The molecular formula is C19H16N2O2.